The highest BCUT2D eigenvalue weighted by Gasteiger charge is 2.39. The first-order chi connectivity index (χ1) is 18.5. The molecule has 0 radical (unpaired) electrons. The summed E-state index contributed by atoms with van der Waals surface area (Å²) < 4.78 is 2.45. The first kappa shape index (κ1) is 23.5. The molecule has 0 amide bonds. The van der Waals surface area contributed by atoms with Crippen LogP contribution in [-0.2, 0) is 5.41 Å². The number of nitrogens with zero attached hydrogens (tertiary/aromatic N) is 1. The zero-order valence-corrected chi connectivity index (χ0v) is 23.7. The monoisotopic (exact) mass is 571 g/mol. The highest BCUT2D eigenvalue weighted by atomic mass is 79.9. The molecule has 0 spiro atoms. The topological polar surface area (TPSA) is 3.24 Å². The Morgan fingerprint density at radius 1 is 0.632 bits per heavy atom. The van der Waals surface area contributed by atoms with Crippen LogP contribution >= 0.6 is 27.3 Å². The van der Waals surface area contributed by atoms with Crippen molar-refractivity contribution in [3.05, 3.63) is 136 Å². The molecule has 0 bridgehead atoms. The average molecular weight is 573 g/mol. The van der Waals surface area contributed by atoms with Crippen LogP contribution in [0.4, 0.5) is 17.1 Å². The molecule has 1 nitrogen and oxygen atoms in total. The predicted molar refractivity (Wildman–Crippen MR) is 167 cm³/mol. The SMILES string of the molecule is CC1(C)c2cc(N(c3ccc(Br)cc3)c3ccc(-c4ccccc4)cc3)ccc2-c2c1sc1ccccc21. The Bertz CT molecular complexity index is 1780. The van der Waals surface area contributed by atoms with E-state index in [1.54, 1.807) is 0 Å². The zero-order chi connectivity index (χ0) is 25.9. The van der Waals surface area contributed by atoms with Crippen LogP contribution in [0.25, 0.3) is 32.3 Å². The van der Waals surface area contributed by atoms with E-state index in [0.717, 1.165) is 15.8 Å². The third kappa shape index (κ3) is 3.73. The second kappa shape index (κ2) is 8.97. The maximum Gasteiger partial charge on any atom is 0.0465 e. The predicted octanol–water partition coefficient (Wildman–Crippen LogP) is 11.1. The molecule has 0 unspecified atom stereocenters. The fourth-order valence-electron chi connectivity index (χ4n) is 5.75. The molecule has 5 aromatic carbocycles. The molecule has 1 heterocycles. The summed E-state index contributed by atoms with van der Waals surface area (Å²) >= 11 is 5.55. The van der Waals surface area contributed by atoms with Crippen LogP contribution in [0.1, 0.15) is 24.3 Å². The fourth-order valence-corrected chi connectivity index (χ4v) is 7.35. The number of fused-ring (bicyclic) bond motifs is 5. The lowest BCUT2D eigenvalue weighted by Crippen LogP contribution is -2.15. The van der Waals surface area contributed by atoms with E-state index in [4.69, 9.17) is 0 Å². The fraction of sp³-hybridized carbons (Fsp3) is 0.0857. The van der Waals surface area contributed by atoms with Crippen molar-refractivity contribution < 1.29 is 0 Å². The van der Waals surface area contributed by atoms with Crippen LogP contribution in [0, 0.1) is 0 Å². The Balaban J connectivity index is 1.37. The Labute approximate surface area is 236 Å². The van der Waals surface area contributed by atoms with Gasteiger partial charge >= 0.3 is 0 Å². The van der Waals surface area contributed by atoms with E-state index in [9.17, 15) is 0 Å². The van der Waals surface area contributed by atoms with Gasteiger partial charge in [-0.05, 0) is 76.9 Å². The molecule has 184 valence electrons. The van der Waals surface area contributed by atoms with Gasteiger partial charge in [0, 0.05) is 47.5 Å². The van der Waals surface area contributed by atoms with Crippen LogP contribution in [0.5, 0.6) is 0 Å². The van der Waals surface area contributed by atoms with Crippen LogP contribution < -0.4 is 4.90 Å². The summed E-state index contributed by atoms with van der Waals surface area (Å²) in [6.07, 6.45) is 0. The van der Waals surface area contributed by atoms with E-state index < -0.39 is 0 Å². The highest BCUT2D eigenvalue weighted by Crippen LogP contribution is 2.56. The minimum absolute atomic E-state index is 0.0487. The van der Waals surface area contributed by atoms with E-state index >= 15 is 0 Å². The van der Waals surface area contributed by atoms with Crippen molar-refractivity contribution in [1.29, 1.82) is 0 Å². The second-order valence-electron chi connectivity index (χ2n) is 10.4. The van der Waals surface area contributed by atoms with E-state index in [2.05, 4.69) is 156 Å². The van der Waals surface area contributed by atoms with Gasteiger partial charge in [-0.15, -0.1) is 11.3 Å². The third-order valence-corrected chi connectivity index (χ3v) is 9.71. The van der Waals surface area contributed by atoms with Gasteiger partial charge < -0.3 is 4.90 Å². The Morgan fingerprint density at radius 3 is 1.97 bits per heavy atom. The minimum Gasteiger partial charge on any atom is -0.310 e. The highest BCUT2D eigenvalue weighted by molar-refractivity contribution is 9.10. The summed E-state index contributed by atoms with van der Waals surface area (Å²) in [6, 6.07) is 43.9. The molecular weight excluding hydrogens is 546 g/mol. The van der Waals surface area contributed by atoms with Crippen molar-refractivity contribution in [2.24, 2.45) is 0 Å². The molecule has 0 N–H and O–H groups in total. The number of halogens is 1. The van der Waals surface area contributed by atoms with Gasteiger partial charge in [-0.25, -0.2) is 0 Å². The number of anilines is 3. The molecule has 0 fully saturated rings. The smallest absolute Gasteiger partial charge is 0.0465 e. The largest absolute Gasteiger partial charge is 0.310 e. The van der Waals surface area contributed by atoms with E-state index in [1.165, 1.54) is 48.5 Å². The summed E-state index contributed by atoms with van der Waals surface area (Å²) in [5.41, 5.74) is 10.0. The molecule has 1 aromatic heterocycles. The van der Waals surface area contributed by atoms with Gasteiger partial charge in [0.15, 0.2) is 0 Å². The minimum atomic E-state index is -0.0487. The van der Waals surface area contributed by atoms with Crippen LogP contribution in [-0.4, -0.2) is 0 Å². The lowest BCUT2D eigenvalue weighted by Gasteiger charge is -2.28. The van der Waals surface area contributed by atoms with Crippen molar-refractivity contribution in [3.63, 3.8) is 0 Å². The summed E-state index contributed by atoms with van der Waals surface area (Å²) in [6.45, 7) is 4.74. The van der Waals surface area contributed by atoms with Gasteiger partial charge in [-0.1, -0.05) is 96.5 Å². The number of rotatable bonds is 4. The Kier molecular flexibility index (Phi) is 5.54. The first-order valence-electron chi connectivity index (χ1n) is 12.9. The third-order valence-electron chi connectivity index (χ3n) is 7.68. The van der Waals surface area contributed by atoms with Crippen molar-refractivity contribution >= 4 is 54.4 Å². The van der Waals surface area contributed by atoms with Gasteiger partial charge in [-0.3, -0.25) is 0 Å². The molecule has 0 saturated carbocycles. The standard InChI is InChI=1S/C35H26BrNS/c1-35(2)31-22-28(20-21-29(31)33-30-10-6-7-11-32(30)38-34(33)35)37(27-18-14-25(36)15-19-27)26-16-12-24(13-17-26)23-8-4-3-5-9-23/h3-22H,1-2H3. The van der Waals surface area contributed by atoms with Gasteiger partial charge in [0.05, 0.1) is 0 Å². The maximum atomic E-state index is 3.61. The van der Waals surface area contributed by atoms with Gasteiger partial charge in [0.2, 0.25) is 0 Å². The zero-order valence-electron chi connectivity index (χ0n) is 21.3. The molecular formula is C35H26BrNS. The Hall–Kier alpha value is -3.66. The van der Waals surface area contributed by atoms with Gasteiger partial charge in [0.25, 0.3) is 0 Å². The van der Waals surface area contributed by atoms with E-state index in [-0.39, 0.29) is 5.41 Å². The van der Waals surface area contributed by atoms with Crippen LogP contribution in [0.2, 0.25) is 0 Å². The van der Waals surface area contributed by atoms with Crippen molar-refractivity contribution in [3.8, 4) is 22.3 Å². The normalized spacial score (nSPS) is 13.3. The number of hydrogen-bond donors (Lipinski definition) is 0. The van der Waals surface area contributed by atoms with Crippen molar-refractivity contribution in [2.45, 2.75) is 19.3 Å². The molecule has 0 atom stereocenters. The second-order valence-corrected chi connectivity index (χ2v) is 12.3. The maximum absolute atomic E-state index is 3.61. The summed E-state index contributed by atoms with van der Waals surface area (Å²) in [5, 5.41) is 1.37. The van der Waals surface area contributed by atoms with Gasteiger partial charge in [0.1, 0.15) is 0 Å². The molecule has 3 heteroatoms. The number of thiophene rings is 1. The van der Waals surface area contributed by atoms with Crippen LogP contribution in [0.15, 0.2) is 126 Å². The quantitative estimate of drug-likeness (QED) is 0.203. The first-order valence-corrected chi connectivity index (χ1v) is 14.5. The van der Waals surface area contributed by atoms with E-state index in [1.807, 2.05) is 11.3 Å². The van der Waals surface area contributed by atoms with Crippen LogP contribution in [0.3, 0.4) is 0 Å². The molecule has 6 aromatic rings. The summed E-state index contributed by atoms with van der Waals surface area (Å²) in [7, 11) is 0. The molecule has 7 rings (SSSR count). The van der Waals surface area contributed by atoms with E-state index in [0.29, 0.717) is 0 Å². The lowest BCUT2D eigenvalue weighted by molar-refractivity contribution is 0.674. The average Bonchev–Trinajstić information content (AvgIpc) is 3.44. The van der Waals surface area contributed by atoms with Gasteiger partial charge in [-0.2, -0.15) is 0 Å². The number of hydrogen-bond acceptors (Lipinski definition) is 2. The molecule has 0 saturated heterocycles. The Morgan fingerprint density at radius 2 is 1.24 bits per heavy atom. The summed E-state index contributed by atoms with van der Waals surface area (Å²) in [5.74, 6) is 0. The molecule has 0 aliphatic heterocycles. The molecule has 38 heavy (non-hydrogen) atoms. The number of benzene rings is 5. The molecule has 1 aliphatic carbocycles. The van der Waals surface area contributed by atoms with Crippen molar-refractivity contribution in [2.75, 3.05) is 4.90 Å². The summed E-state index contributed by atoms with van der Waals surface area (Å²) in [4.78, 5) is 3.83. The molecule has 1 aliphatic rings. The lowest BCUT2D eigenvalue weighted by atomic mass is 9.86. The van der Waals surface area contributed by atoms with Crippen molar-refractivity contribution in [1.82, 2.24) is 0 Å².